The first-order chi connectivity index (χ1) is 10.7. The molecular weight excluding hydrogens is 292 g/mol. The van der Waals surface area contributed by atoms with Gasteiger partial charge in [0.25, 0.3) is 5.91 Å². The summed E-state index contributed by atoms with van der Waals surface area (Å²) < 4.78 is 0. The molecule has 1 atom stereocenters. The van der Waals surface area contributed by atoms with E-state index in [0.29, 0.717) is 31.4 Å². The summed E-state index contributed by atoms with van der Waals surface area (Å²) in [5.74, 6) is 0.0263. The molecule has 0 unspecified atom stereocenters. The Morgan fingerprint density at radius 2 is 2.00 bits per heavy atom. The Kier molecular flexibility index (Phi) is 5.42. The molecule has 0 aromatic heterocycles. The zero-order valence-electron chi connectivity index (χ0n) is 14.1. The molecule has 0 spiro atoms. The monoisotopic (exact) mass is 318 g/mol. The summed E-state index contributed by atoms with van der Waals surface area (Å²) in [6, 6.07) is 7.49. The Balaban J connectivity index is 1.89. The van der Waals surface area contributed by atoms with Crippen molar-refractivity contribution in [3.63, 3.8) is 0 Å². The van der Waals surface area contributed by atoms with Gasteiger partial charge in [-0.2, -0.15) is 0 Å². The minimum Gasteiger partial charge on any atom is -0.390 e. The van der Waals surface area contributed by atoms with Crippen molar-refractivity contribution in [2.45, 2.75) is 51.2 Å². The number of likely N-dealkylation sites (tertiary alicyclic amines) is 1. The molecule has 126 valence electrons. The van der Waals surface area contributed by atoms with Crippen molar-refractivity contribution >= 4 is 11.8 Å². The van der Waals surface area contributed by atoms with Crippen molar-refractivity contribution < 1.29 is 14.7 Å². The molecular formula is C18H26N2O3. The maximum Gasteiger partial charge on any atom is 0.251 e. The highest BCUT2D eigenvalue weighted by molar-refractivity contribution is 5.94. The molecule has 0 saturated carbocycles. The fourth-order valence-electron chi connectivity index (χ4n) is 2.67. The molecule has 1 aliphatic rings. The smallest absolute Gasteiger partial charge is 0.251 e. The van der Waals surface area contributed by atoms with Crippen LogP contribution in [0.1, 0.15) is 49.0 Å². The molecule has 1 heterocycles. The molecule has 2 amide bonds. The van der Waals surface area contributed by atoms with Crippen LogP contribution in [0.15, 0.2) is 24.3 Å². The van der Waals surface area contributed by atoms with E-state index in [1.165, 1.54) is 0 Å². The van der Waals surface area contributed by atoms with Crippen LogP contribution in [0.2, 0.25) is 0 Å². The van der Waals surface area contributed by atoms with Crippen molar-refractivity contribution in [1.82, 2.24) is 10.2 Å². The second-order valence-corrected chi connectivity index (χ2v) is 6.99. The molecule has 0 bridgehead atoms. The summed E-state index contributed by atoms with van der Waals surface area (Å²) in [6.45, 7) is 4.15. The average molecular weight is 318 g/mol. The van der Waals surface area contributed by atoms with Crippen molar-refractivity contribution in [2.75, 3.05) is 13.6 Å². The third-order valence-corrected chi connectivity index (χ3v) is 4.20. The molecule has 2 rings (SSSR count). The molecule has 0 aliphatic carbocycles. The topological polar surface area (TPSA) is 69.6 Å². The predicted octanol–water partition coefficient (Wildman–Crippen LogP) is 1.74. The summed E-state index contributed by atoms with van der Waals surface area (Å²) in [4.78, 5) is 25.4. The van der Waals surface area contributed by atoms with Crippen LogP contribution in [0.5, 0.6) is 0 Å². The Labute approximate surface area is 137 Å². The van der Waals surface area contributed by atoms with Gasteiger partial charge in [-0.15, -0.1) is 0 Å². The van der Waals surface area contributed by atoms with E-state index < -0.39 is 5.60 Å². The lowest BCUT2D eigenvalue weighted by Crippen LogP contribution is -2.48. The van der Waals surface area contributed by atoms with Gasteiger partial charge in [0.1, 0.15) is 0 Å². The van der Waals surface area contributed by atoms with E-state index >= 15 is 0 Å². The fraction of sp³-hybridized carbons (Fsp3) is 0.556. The highest BCUT2D eigenvalue weighted by atomic mass is 16.3. The molecule has 5 heteroatoms. The number of likely N-dealkylation sites (N-methyl/N-ethyl adjacent to an activating group) is 1. The Morgan fingerprint density at radius 1 is 1.35 bits per heavy atom. The van der Waals surface area contributed by atoms with E-state index in [4.69, 9.17) is 0 Å². The highest BCUT2D eigenvalue weighted by Gasteiger charge is 2.24. The van der Waals surface area contributed by atoms with Gasteiger partial charge in [0.2, 0.25) is 5.91 Å². The number of carbonyl (C=O) groups excluding carboxylic acids is 2. The number of nitrogens with zero attached hydrogens (tertiary/aromatic N) is 1. The van der Waals surface area contributed by atoms with E-state index in [1.807, 2.05) is 24.3 Å². The lowest BCUT2D eigenvalue weighted by atomic mass is 9.98. The molecule has 2 N–H and O–H groups in total. The van der Waals surface area contributed by atoms with E-state index in [2.05, 4.69) is 5.32 Å². The highest BCUT2D eigenvalue weighted by Crippen LogP contribution is 2.15. The van der Waals surface area contributed by atoms with Crippen LogP contribution in [0.25, 0.3) is 0 Å². The third kappa shape index (κ3) is 5.36. The van der Waals surface area contributed by atoms with Gasteiger partial charge in [0.15, 0.2) is 0 Å². The molecule has 1 aromatic rings. The van der Waals surface area contributed by atoms with Gasteiger partial charge in [-0.05, 0) is 50.8 Å². The van der Waals surface area contributed by atoms with Gasteiger partial charge < -0.3 is 15.3 Å². The van der Waals surface area contributed by atoms with Crippen LogP contribution in [0.4, 0.5) is 0 Å². The molecule has 1 aliphatic heterocycles. The minimum absolute atomic E-state index is 0.0139. The van der Waals surface area contributed by atoms with Crippen LogP contribution in [0, 0.1) is 0 Å². The molecule has 5 nitrogen and oxygen atoms in total. The first kappa shape index (κ1) is 17.5. The summed E-state index contributed by atoms with van der Waals surface area (Å²) in [7, 11) is 1.76. The number of hydrogen-bond donors (Lipinski definition) is 2. The lowest BCUT2D eigenvalue weighted by Gasteiger charge is -2.30. The summed E-state index contributed by atoms with van der Waals surface area (Å²) in [6.07, 6.45) is 2.64. The van der Waals surface area contributed by atoms with Crippen LogP contribution < -0.4 is 5.32 Å². The van der Waals surface area contributed by atoms with Crippen LogP contribution >= 0.6 is 0 Å². The fourth-order valence-corrected chi connectivity index (χ4v) is 2.67. The Hall–Kier alpha value is -1.88. The van der Waals surface area contributed by atoms with Crippen LogP contribution in [-0.2, 0) is 11.2 Å². The van der Waals surface area contributed by atoms with E-state index in [9.17, 15) is 14.7 Å². The third-order valence-electron chi connectivity index (χ3n) is 4.20. The summed E-state index contributed by atoms with van der Waals surface area (Å²) in [5, 5.41) is 12.7. The molecule has 0 radical (unpaired) electrons. The van der Waals surface area contributed by atoms with Crippen molar-refractivity contribution in [1.29, 1.82) is 0 Å². The number of carbonyl (C=O) groups is 2. The second-order valence-electron chi connectivity index (χ2n) is 6.99. The Morgan fingerprint density at radius 3 is 2.57 bits per heavy atom. The van der Waals surface area contributed by atoms with Gasteiger partial charge in [-0.3, -0.25) is 9.59 Å². The maximum absolute atomic E-state index is 12.3. The number of nitrogens with one attached hydrogen (secondary N) is 1. The first-order valence-corrected chi connectivity index (χ1v) is 8.11. The van der Waals surface area contributed by atoms with Gasteiger partial charge in [-0.25, -0.2) is 0 Å². The van der Waals surface area contributed by atoms with Crippen molar-refractivity contribution in [2.24, 2.45) is 0 Å². The normalized spacial score (nSPS) is 18.9. The lowest BCUT2D eigenvalue weighted by molar-refractivity contribution is -0.132. The number of piperidine rings is 1. The standard InChI is InChI=1S/C18H26N2O3/c1-18(2,23)11-10-13-4-6-14(7-5-13)17(22)19-15-8-9-16(21)20(3)12-15/h4-7,15,23H,8-12H2,1-3H3,(H,19,22)/t15-/m0/s1. The number of aryl methyl sites for hydroxylation is 1. The van der Waals surface area contributed by atoms with Gasteiger partial charge >= 0.3 is 0 Å². The van der Waals surface area contributed by atoms with Crippen molar-refractivity contribution in [3.05, 3.63) is 35.4 Å². The predicted molar refractivity (Wildman–Crippen MR) is 89.2 cm³/mol. The number of benzene rings is 1. The average Bonchev–Trinajstić information content (AvgIpc) is 2.49. The Bertz CT molecular complexity index is 561. The number of aliphatic hydroxyl groups is 1. The molecule has 23 heavy (non-hydrogen) atoms. The van der Waals surface area contributed by atoms with Gasteiger partial charge in [0.05, 0.1) is 5.60 Å². The van der Waals surface area contributed by atoms with Crippen LogP contribution in [0.3, 0.4) is 0 Å². The largest absolute Gasteiger partial charge is 0.390 e. The quantitative estimate of drug-likeness (QED) is 0.869. The summed E-state index contributed by atoms with van der Waals surface area (Å²) in [5.41, 5.74) is 1.05. The molecule has 1 aromatic carbocycles. The SMILES string of the molecule is CN1C[C@@H](NC(=O)c2ccc(CCC(C)(C)O)cc2)CCC1=O. The first-order valence-electron chi connectivity index (χ1n) is 8.11. The minimum atomic E-state index is -0.680. The van der Waals surface area contributed by atoms with E-state index in [-0.39, 0.29) is 17.9 Å². The van der Waals surface area contributed by atoms with Gasteiger partial charge in [0, 0.05) is 31.6 Å². The number of amides is 2. The van der Waals surface area contributed by atoms with Gasteiger partial charge in [-0.1, -0.05) is 12.1 Å². The van der Waals surface area contributed by atoms with Crippen molar-refractivity contribution in [3.8, 4) is 0 Å². The second kappa shape index (κ2) is 7.13. The zero-order valence-corrected chi connectivity index (χ0v) is 14.1. The molecule has 1 saturated heterocycles. The number of hydrogen-bond acceptors (Lipinski definition) is 3. The number of rotatable bonds is 5. The van der Waals surface area contributed by atoms with E-state index in [0.717, 1.165) is 12.0 Å². The van der Waals surface area contributed by atoms with E-state index in [1.54, 1.807) is 25.8 Å². The zero-order chi connectivity index (χ0) is 17.0. The maximum atomic E-state index is 12.3. The summed E-state index contributed by atoms with van der Waals surface area (Å²) >= 11 is 0. The van der Waals surface area contributed by atoms with Crippen LogP contribution in [-0.4, -0.2) is 47.1 Å². The molecule has 1 fully saturated rings.